The van der Waals surface area contributed by atoms with E-state index in [1.807, 2.05) is 0 Å². The quantitative estimate of drug-likeness (QED) is 0.510. The van der Waals surface area contributed by atoms with Crippen LogP contribution in [-0.2, 0) is 19.0 Å². The fourth-order valence-corrected chi connectivity index (χ4v) is 2.28. The highest BCUT2D eigenvalue weighted by atomic mass is 16.8. The molecular formula is C8H10O4. The minimum Gasteiger partial charge on any atom is -0.352 e. The third-order valence-corrected chi connectivity index (χ3v) is 2.87. The highest BCUT2D eigenvalue weighted by Crippen LogP contribution is 2.43. The van der Waals surface area contributed by atoms with Crippen LogP contribution in [-0.4, -0.2) is 31.6 Å². The molecule has 3 aliphatic rings. The number of fused-ring (bicyclic) bond motifs is 3. The molecule has 0 bridgehead atoms. The van der Waals surface area contributed by atoms with Crippen molar-refractivity contribution in [3.63, 3.8) is 0 Å². The van der Waals surface area contributed by atoms with Gasteiger partial charge in [0.15, 0.2) is 18.4 Å². The summed E-state index contributed by atoms with van der Waals surface area (Å²) in [6.45, 7) is 0.935. The van der Waals surface area contributed by atoms with Gasteiger partial charge in [0.25, 0.3) is 0 Å². The zero-order valence-corrected chi connectivity index (χ0v) is 6.56. The van der Waals surface area contributed by atoms with Gasteiger partial charge in [0.05, 0.1) is 12.5 Å². The van der Waals surface area contributed by atoms with Gasteiger partial charge in [-0.3, -0.25) is 4.79 Å². The predicted molar refractivity (Wildman–Crippen MR) is 37.2 cm³/mol. The molecule has 4 atom stereocenters. The van der Waals surface area contributed by atoms with Crippen LogP contribution in [0.1, 0.15) is 6.42 Å². The van der Waals surface area contributed by atoms with Gasteiger partial charge in [-0.1, -0.05) is 0 Å². The normalized spacial score (nSPS) is 51.2. The van der Waals surface area contributed by atoms with Crippen molar-refractivity contribution in [3.05, 3.63) is 0 Å². The van der Waals surface area contributed by atoms with Crippen LogP contribution in [0.2, 0.25) is 0 Å². The van der Waals surface area contributed by atoms with E-state index in [1.165, 1.54) is 0 Å². The molecular weight excluding hydrogens is 160 g/mol. The number of hydrogen-bond donors (Lipinski definition) is 0. The van der Waals surface area contributed by atoms with Crippen molar-refractivity contribution in [2.24, 2.45) is 11.8 Å². The smallest absolute Gasteiger partial charge is 0.171 e. The fraction of sp³-hybridized carbons (Fsp3) is 0.875. The summed E-state index contributed by atoms with van der Waals surface area (Å²) >= 11 is 0. The first-order valence-electron chi connectivity index (χ1n) is 4.27. The van der Waals surface area contributed by atoms with E-state index < -0.39 is 0 Å². The molecule has 0 unspecified atom stereocenters. The van der Waals surface area contributed by atoms with E-state index >= 15 is 0 Å². The molecule has 4 heteroatoms. The van der Waals surface area contributed by atoms with Crippen LogP contribution in [0.15, 0.2) is 0 Å². The first kappa shape index (κ1) is 7.00. The molecule has 0 saturated carbocycles. The molecule has 0 aliphatic carbocycles. The van der Waals surface area contributed by atoms with Crippen molar-refractivity contribution < 1.29 is 19.0 Å². The molecule has 3 aliphatic heterocycles. The molecule has 3 rings (SSSR count). The summed E-state index contributed by atoms with van der Waals surface area (Å²) in [6, 6.07) is 0. The van der Waals surface area contributed by atoms with E-state index in [2.05, 4.69) is 0 Å². The second-order valence-corrected chi connectivity index (χ2v) is 3.50. The molecule has 3 heterocycles. The van der Waals surface area contributed by atoms with E-state index in [9.17, 15) is 4.79 Å². The van der Waals surface area contributed by atoms with Gasteiger partial charge in [0, 0.05) is 5.92 Å². The maximum absolute atomic E-state index is 11.3. The Morgan fingerprint density at radius 1 is 1.25 bits per heavy atom. The molecule has 3 fully saturated rings. The standard InChI is InChI=1S/C8H10O4/c9-5-3-11-8-6(5)4-1-2-10-7(4)12-8/h4,6-8H,1-3H2/t4-,6-,7+,8-/m0/s1. The van der Waals surface area contributed by atoms with Gasteiger partial charge in [-0.15, -0.1) is 0 Å². The Kier molecular flexibility index (Phi) is 1.33. The lowest BCUT2D eigenvalue weighted by Gasteiger charge is -2.08. The van der Waals surface area contributed by atoms with Gasteiger partial charge in [0.2, 0.25) is 0 Å². The Labute approximate surface area is 69.8 Å². The summed E-state index contributed by atoms with van der Waals surface area (Å²) in [5.41, 5.74) is 0. The van der Waals surface area contributed by atoms with Gasteiger partial charge in [-0.2, -0.15) is 0 Å². The van der Waals surface area contributed by atoms with Crippen LogP contribution >= 0.6 is 0 Å². The summed E-state index contributed by atoms with van der Waals surface area (Å²) in [5, 5.41) is 0. The Morgan fingerprint density at radius 3 is 3.08 bits per heavy atom. The first-order chi connectivity index (χ1) is 5.86. The van der Waals surface area contributed by atoms with Gasteiger partial charge in [0.1, 0.15) is 6.61 Å². The number of hydrogen-bond acceptors (Lipinski definition) is 4. The predicted octanol–water partition coefficient (Wildman–Crippen LogP) is -0.0792. The zero-order valence-electron chi connectivity index (χ0n) is 6.56. The van der Waals surface area contributed by atoms with E-state index in [4.69, 9.17) is 14.2 Å². The molecule has 0 amide bonds. The van der Waals surface area contributed by atoms with Crippen LogP contribution < -0.4 is 0 Å². The number of ketones is 1. The molecule has 0 aromatic heterocycles. The maximum atomic E-state index is 11.3. The minimum atomic E-state index is -0.312. The largest absolute Gasteiger partial charge is 0.352 e. The number of ether oxygens (including phenoxy) is 3. The topological polar surface area (TPSA) is 44.8 Å². The average Bonchev–Trinajstić information content (AvgIpc) is 2.61. The van der Waals surface area contributed by atoms with Crippen molar-refractivity contribution in [2.75, 3.05) is 13.2 Å². The van der Waals surface area contributed by atoms with Crippen molar-refractivity contribution in [2.45, 2.75) is 19.0 Å². The van der Waals surface area contributed by atoms with Crippen molar-refractivity contribution in [1.82, 2.24) is 0 Å². The summed E-state index contributed by atoms with van der Waals surface area (Å²) < 4.78 is 15.9. The Balaban J connectivity index is 1.90. The lowest BCUT2D eigenvalue weighted by Crippen LogP contribution is -2.22. The zero-order chi connectivity index (χ0) is 8.13. The summed E-state index contributed by atoms with van der Waals surface area (Å²) in [4.78, 5) is 11.3. The molecule has 0 radical (unpaired) electrons. The highest BCUT2D eigenvalue weighted by Gasteiger charge is 2.54. The van der Waals surface area contributed by atoms with E-state index in [0.29, 0.717) is 6.61 Å². The number of Topliss-reactive ketones (excluding diaryl/α,β-unsaturated/α-hetero) is 1. The average molecular weight is 170 g/mol. The van der Waals surface area contributed by atoms with E-state index in [0.717, 1.165) is 6.42 Å². The molecule has 12 heavy (non-hydrogen) atoms. The van der Waals surface area contributed by atoms with Gasteiger partial charge in [-0.05, 0) is 6.42 Å². The summed E-state index contributed by atoms with van der Waals surface area (Å²) in [6.07, 6.45) is 0.443. The fourth-order valence-electron chi connectivity index (χ4n) is 2.28. The summed E-state index contributed by atoms with van der Waals surface area (Å²) in [5.74, 6) is 0.389. The van der Waals surface area contributed by atoms with Crippen LogP contribution in [0.5, 0.6) is 0 Å². The molecule has 0 spiro atoms. The Hall–Kier alpha value is -0.450. The Bertz CT molecular complexity index is 227. The van der Waals surface area contributed by atoms with Gasteiger partial charge in [-0.25, -0.2) is 0 Å². The van der Waals surface area contributed by atoms with Crippen LogP contribution in [0.4, 0.5) is 0 Å². The third kappa shape index (κ3) is 0.748. The number of rotatable bonds is 0. The van der Waals surface area contributed by atoms with Crippen LogP contribution in [0.25, 0.3) is 0 Å². The SMILES string of the molecule is O=C1CO[C@H]2O[C@H]3OCC[C@H]3[C@@H]12. The van der Waals surface area contributed by atoms with Crippen molar-refractivity contribution >= 4 is 5.78 Å². The monoisotopic (exact) mass is 170 g/mol. The number of carbonyl (C=O) groups excluding carboxylic acids is 1. The molecule has 4 nitrogen and oxygen atoms in total. The molecule has 0 aromatic carbocycles. The van der Waals surface area contributed by atoms with Gasteiger partial charge < -0.3 is 14.2 Å². The summed E-state index contributed by atoms with van der Waals surface area (Å²) in [7, 11) is 0. The second-order valence-electron chi connectivity index (χ2n) is 3.50. The highest BCUT2D eigenvalue weighted by molar-refractivity contribution is 5.84. The van der Waals surface area contributed by atoms with Crippen LogP contribution in [0.3, 0.4) is 0 Å². The van der Waals surface area contributed by atoms with E-state index in [-0.39, 0.29) is 36.8 Å². The molecule has 3 saturated heterocycles. The lowest BCUT2D eigenvalue weighted by molar-refractivity contribution is -0.188. The number of carbonyl (C=O) groups is 1. The third-order valence-electron chi connectivity index (χ3n) is 2.87. The molecule has 0 aromatic rings. The maximum Gasteiger partial charge on any atom is 0.171 e. The van der Waals surface area contributed by atoms with E-state index in [1.54, 1.807) is 0 Å². The van der Waals surface area contributed by atoms with Crippen molar-refractivity contribution in [3.8, 4) is 0 Å². The van der Waals surface area contributed by atoms with Gasteiger partial charge >= 0.3 is 0 Å². The molecule has 66 valence electrons. The molecule has 0 N–H and O–H groups in total. The van der Waals surface area contributed by atoms with Crippen LogP contribution in [0, 0.1) is 11.8 Å². The second kappa shape index (κ2) is 2.28. The minimum absolute atomic E-state index is 0.0440. The first-order valence-corrected chi connectivity index (χ1v) is 4.27. The lowest BCUT2D eigenvalue weighted by atomic mass is 9.90. The van der Waals surface area contributed by atoms with Crippen molar-refractivity contribution in [1.29, 1.82) is 0 Å². The Morgan fingerprint density at radius 2 is 2.17 bits per heavy atom.